The van der Waals surface area contributed by atoms with Gasteiger partial charge in [-0.05, 0) is 49.8 Å². The number of rotatable bonds is 4. The van der Waals surface area contributed by atoms with Crippen LogP contribution in [-0.4, -0.2) is 21.2 Å². The molecule has 2 N–H and O–H groups in total. The zero-order valence-electron chi connectivity index (χ0n) is 14.9. The molecule has 0 aliphatic heterocycles. The average Bonchev–Trinajstić information content (AvgIpc) is 3.11. The van der Waals surface area contributed by atoms with E-state index in [1.165, 1.54) is 48.7 Å². The van der Waals surface area contributed by atoms with Crippen molar-refractivity contribution in [2.75, 3.05) is 5.32 Å². The molecule has 2 aromatic heterocycles. The van der Waals surface area contributed by atoms with E-state index in [4.69, 9.17) is 4.98 Å². The van der Waals surface area contributed by atoms with Gasteiger partial charge in [0.05, 0.1) is 22.8 Å². The predicted molar refractivity (Wildman–Crippen MR) is 108 cm³/mol. The lowest BCUT2D eigenvalue weighted by Gasteiger charge is -2.30. The van der Waals surface area contributed by atoms with Crippen LogP contribution in [0.5, 0.6) is 0 Å². The Morgan fingerprint density at radius 3 is 2.84 bits per heavy atom. The van der Waals surface area contributed by atoms with Crippen LogP contribution in [0.4, 0.5) is 5.69 Å². The van der Waals surface area contributed by atoms with Crippen molar-refractivity contribution in [2.45, 2.75) is 58.4 Å². The molecule has 5 heteroatoms. The standard InChI is InChI=1S/C20H25BrN4/c1-3-14-16(21)9-10-17-18(14)19(15-11-22-25-20(15)24-17)23-12(2)13-7-5-4-6-8-13/h9-13H,3-8H2,1-2H3,(H2,22,23,24,25)/t12-/m0/s1. The molecule has 4 nitrogen and oxygen atoms in total. The van der Waals surface area contributed by atoms with Crippen LogP contribution in [-0.2, 0) is 6.42 Å². The molecule has 0 bridgehead atoms. The second-order valence-corrected chi connectivity index (χ2v) is 8.08. The molecule has 3 aromatic rings. The first-order valence-electron chi connectivity index (χ1n) is 9.39. The fourth-order valence-electron chi connectivity index (χ4n) is 4.26. The highest BCUT2D eigenvalue weighted by molar-refractivity contribution is 9.10. The number of aromatic nitrogens is 3. The van der Waals surface area contributed by atoms with Gasteiger partial charge in [-0.1, -0.05) is 42.1 Å². The highest BCUT2D eigenvalue weighted by atomic mass is 79.9. The van der Waals surface area contributed by atoms with Crippen LogP contribution in [0.2, 0.25) is 0 Å². The number of nitrogens with one attached hydrogen (secondary N) is 2. The third kappa shape index (κ3) is 3.03. The molecule has 1 fully saturated rings. The lowest BCUT2D eigenvalue weighted by molar-refractivity contribution is 0.328. The summed E-state index contributed by atoms with van der Waals surface area (Å²) in [6, 6.07) is 4.65. The fourth-order valence-corrected chi connectivity index (χ4v) is 4.87. The van der Waals surface area contributed by atoms with Gasteiger partial charge in [-0.25, -0.2) is 4.98 Å². The van der Waals surface area contributed by atoms with Crippen molar-refractivity contribution in [1.82, 2.24) is 15.2 Å². The van der Waals surface area contributed by atoms with Crippen molar-refractivity contribution >= 4 is 43.6 Å². The van der Waals surface area contributed by atoms with Crippen molar-refractivity contribution < 1.29 is 0 Å². The molecule has 1 saturated carbocycles. The first kappa shape index (κ1) is 16.8. The Bertz CT molecular complexity index is 895. The summed E-state index contributed by atoms with van der Waals surface area (Å²) in [6.45, 7) is 4.53. The minimum absolute atomic E-state index is 0.452. The van der Waals surface area contributed by atoms with Gasteiger partial charge in [-0.15, -0.1) is 0 Å². The Kier molecular flexibility index (Phi) is 4.67. The number of aryl methyl sites for hydroxylation is 1. The number of hydrogen-bond donors (Lipinski definition) is 2. The van der Waals surface area contributed by atoms with Crippen LogP contribution in [0.25, 0.3) is 21.9 Å². The van der Waals surface area contributed by atoms with Gasteiger partial charge in [0.2, 0.25) is 0 Å². The molecule has 1 atom stereocenters. The SMILES string of the molecule is CCc1c(Br)ccc2nc3[nH]ncc3c(N[C@@H](C)C3CCCCC3)c12. The molecule has 0 saturated heterocycles. The van der Waals surface area contributed by atoms with Crippen molar-refractivity contribution in [3.05, 3.63) is 28.4 Å². The van der Waals surface area contributed by atoms with Crippen LogP contribution >= 0.6 is 15.9 Å². The lowest BCUT2D eigenvalue weighted by atomic mass is 9.84. The van der Waals surface area contributed by atoms with E-state index in [-0.39, 0.29) is 0 Å². The van der Waals surface area contributed by atoms with Gasteiger partial charge in [-0.3, -0.25) is 5.10 Å². The number of aromatic amines is 1. The number of pyridine rings is 1. The second kappa shape index (κ2) is 6.94. The van der Waals surface area contributed by atoms with E-state index in [2.05, 4.69) is 57.4 Å². The summed E-state index contributed by atoms with van der Waals surface area (Å²) in [6.07, 6.45) is 9.64. The van der Waals surface area contributed by atoms with E-state index >= 15 is 0 Å². The number of fused-ring (bicyclic) bond motifs is 2. The molecule has 1 aliphatic rings. The van der Waals surface area contributed by atoms with Gasteiger partial charge >= 0.3 is 0 Å². The Morgan fingerprint density at radius 1 is 1.28 bits per heavy atom. The Labute approximate surface area is 156 Å². The van der Waals surface area contributed by atoms with Crippen molar-refractivity contribution in [2.24, 2.45) is 5.92 Å². The highest BCUT2D eigenvalue weighted by Crippen LogP contribution is 2.37. The summed E-state index contributed by atoms with van der Waals surface area (Å²) in [4.78, 5) is 4.79. The minimum Gasteiger partial charge on any atom is -0.381 e. The molecular weight excluding hydrogens is 376 g/mol. The molecule has 25 heavy (non-hydrogen) atoms. The summed E-state index contributed by atoms with van der Waals surface area (Å²) >= 11 is 3.73. The molecule has 0 spiro atoms. The molecule has 2 heterocycles. The summed E-state index contributed by atoms with van der Waals surface area (Å²) in [5.74, 6) is 0.746. The normalized spacial score (nSPS) is 17.2. The number of benzene rings is 1. The number of halogens is 1. The quantitative estimate of drug-likeness (QED) is 0.580. The van der Waals surface area contributed by atoms with Gasteiger partial charge in [0.1, 0.15) is 0 Å². The molecule has 132 valence electrons. The highest BCUT2D eigenvalue weighted by Gasteiger charge is 2.23. The summed E-state index contributed by atoms with van der Waals surface area (Å²) in [5.41, 5.74) is 4.38. The maximum absolute atomic E-state index is 4.79. The third-order valence-corrected chi connectivity index (χ3v) is 6.43. The third-order valence-electron chi connectivity index (χ3n) is 5.69. The Balaban J connectivity index is 1.86. The van der Waals surface area contributed by atoms with Gasteiger partial charge in [0.25, 0.3) is 0 Å². The fraction of sp³-hybridized carbons (Fsp3) is 0.500. The van der Waals surface area contributed by atoms with Crippen LogP contribution in [0, 0.1) is 5.92 Å². The summed E-state index contributed by atoms with van der Waals surface area (Å²) in [7, 11) is 0. The predicted octanol–water partition coefficient (Wildman–Crippen LogP) is 5.82. The minimum atomic E-state index is 0.452. The summed E-state index contributed by atoms with van der Waals surface area (Å²) in [5, 5.41) is 13.5. The van der Waals surface area contributed by atoms with Crippen LogP contribution in [0.15, 0.2) is 22.8 Å². The van der Waals surface area contributed by atoms with Crippen molar-refractivity contribution in [3.63, 3.8) is 0 Å². The van der Waals surface area contributed by atoms with Gasteiger partial charge in [0, 0.05) is 15.9 Å². The Hall–Kier alpha value is -1.62. The maximum Gasteiger partial charge on any atom is 0.157 e. The molecule has 4 rings (SSSR count). The van der Waals surface area contributed by atoms with E-state index in [0.717, 1.165) is 33.4 Å². The van der Waals surface area contributed by atoms with Crippen molar-refractivity contribution in [3.8, 4) is 0 Å². The largest absolute Gasteiger partial charge is 0.381 e. The van der Waals surface area contributed by atoms with Crippen LogP contribution < -0.4 is 5.32 Å². The zero-order valence-corrected chi connectivity index (χ0v) is 16.5. The molecule has 1 aliphatic carbocycles. The van der Waals surface area contributed by atoms with E-state index < -0.39 is 0 Å². The Morgan fingerprint density at radius 2 is 2.08 bits per heavy atom. The number of nitrogens with zero attached hydrogens (tertiary/aromatic N) is 2. The van der Waals surface area contributed by atoms with Gasteiger partial charge < -0.3 is 5.32 Å². The zero-order chi connectivity index (χ0) is 17.4. The number of hydrogen-bond acceptors (Lipinski definition) is 3. The first-order valence-corrected chi connectivity index (χ1v) is 10.2. The van der Waals surface area contributed by atoms with E-state index in [0.29, 0.717) is 6.04 Å². The van der Waals surface area contributed by atoms with E-state index in [1.54, 1.807) is 0 Å². The second-order valence-electron chi connectivity index (χ2n) is 7.22. The molecule has 0 unspecified atom stereocenters. The molecule has 0 radical (unpaired) electrons. The van der Waals surface area contributed by atoms with Crippen LogP contribution in [0.1, 0.15) is 51.5 Å². The molecule has 1 aromatic carbocycles. The molecule has 0 amide bonds. The van der Waals surface area contributed by atoms with E-state index in [9.17, 15) is 0 Å². The van der Waals surface area contributed by atoms with E-state index in [1.807, 2.05) is 6.20 Å². The summed E-state index contributed by atoms with van der Waals surface area (Å²) < 4.78 is 1.15. The average molecular weight is 401 g/mol. The maximum atomic E-state index is 4.79. The molecular formula is C20H25BrN4. The number of anilines is 1. The van der Waals surface area contributed by atoms with Gasteiger partial charge in [-0.2, -0.15) is 5.10 Å². The van der Waals surface area contributed by atoms with Gasteiger partial charge in [0.15, 0.2) is 5.65 Å². The lowest BCUT2D eigenvalue weighted by Crippen LogP contribution is -2.28. The first-order chi connectivity index (χ1) is 12.2. The van der Waals surface area contributed by atoms with Crippen LogP contribution in [0.3, 0.4) is 0 Å². The number of H-pyrrole nitrogens is 1. The topological polar surface area (TPSA) is 53.6 Å². The monoisotopic (exact) mass is 400 g/mol. The van der Waals surface area contributed by atoms with Crippen molar-refractivity contribution in [1.29, 1.82) is 0 Å². The smallest absolute Gasteiger partial charge is 0.157 e.